The molecule has 1 aromatic carbocycles. The van der Waals surface area contributed by atoms with Crippen molar-refractivity contribution in [1.29, 1.82) is 0 Å². The number of rotatable bonds is 5. The van der Waals surface area contributed by atoms with E-state index < -0.39 is 10.7 Å². The van der Waals surface area contributed by atoms with E-state index in [-0.39, 0.29) is 11.6 Å². The Morgan fingerprint density at radius 2 is 1.75 bits per heavy atom. The Kier molecular flexibility index (Phi) is 5.85. The number of ether oxygens (including phenoxy) is 1. The number of benzene rings is 1. The average Bonchev–Trinajstić information content (AvgIpc) is 3.23. The van der Waals surface area contributed by atoms with Gasteiger partial charge in [-0.3, -0.25) is 9.30 Å². The zero-order valence-electron chi connectivity index (χ0n) is 17.6. The van der Waals surface area contributed by atoms with Crippen LogP contribution in [0.5, 0.6) is 5.75 Å². The van der Waals surface area contributed by atoms with E-state index in [0.29, 0.717) is 50.7 Å². The lowest BCUT2D eigenvalue weighted by Crippen LogP contribution is -2.47. The Hall–Kier alpha value is -2.89. The van der Waals surface area contributed by atoms with E-state index in [9.17, 15) is 13.5 Å². The molecule has 0 radical (unpaired) electrons. The Morgan fingerprint density at radius 3 is 2.47 bits per heavy atom. The van der Waals surface area contributed by atoms with Crippen LogP contribution in [0.4, 0.5) is 11.6 Å². The van der Waals surface area contributed by atoms with Crippen LogP contribution < -0.4 is 9.80 Å². The number of phenols is 1. The summed E-state index contributed by atoms with van der Waals surface area (Å²) in [6.07, 6.45) is 3.76. The van der Waals surface area contributed by atoms with Crippen molar-refractivity contribution in [3.05, 3.63) is 36.7 Å². The van der Waals surface area contributed by atoms with Crippen LogP contribution in [0, 0.1) is 0 Å². The van der Waals surface area contributed by atoms with Gasteiger partial charge in [0.05, 0.1) is 31.0 Å². The minimum absolute atomic E-state index is 0.0961. The van der Waals surface area contributed by atoms with Crippen molar-refractivity contribution in [3.8, 4) is 17.0 Å². The molecule has 0 atom stereocenters. The third kappa shape index (κ3) is 4.10. The average molecular weight is 459 g/mol. The quantitative estimate of drug-likeness (QED) is 0.533. The van der Waals surface area contributed by atoms with E-state index in [1.54, 1.807) is 12.1 Å². The summed E-state index contributed by atoms with van der Waals surface area (Å²) in [5.74, 6) is 1.97. The largest absolute Gasteiger partial charge is 0.507 e. The molecule has 2 aromatic heterocycles. The molecule has 32 heavy (non-hydrogen) atoms. The van der Waals surface area contributed by atoms with E-state index in [0.717, 1.165) is 30.4 Å². The summed E-state index contributed by atoms with van der Waals surface area (Å²) in [6, 6.07) is 7.18. The molecule has 2 aliphatic rings. The van der Waals surface area contributed by atoms with E-state index in [1.807, 2.05) is 33.8 Å². The standard InChI is InChI=1S/C21H26N6O4S/c28-18-4-2-1-3-16(18)17-14-27-19(25-7-5-24(6-8-25)15-32(29)30)13-22-20(27)21(23-17)26-9-11-31-12-10-26/h1-4,13-14,28,32H,5-12,15H2. The molecule has 11 heteroatoms. The second kappa shape index (κ2) is 8.93. The summed E-state index contributed by atoms with van der Waals surface area (Å²) >= 11 is 0. The summed E-state index contributed by atoms with van der Waals surface area (Å²) in [5, 5.41) is 10.4. The summed E-state index contributed by atoms with van der Waals surface area (Å²) < 4.78 is 29.7. The number of hydrogen-bond donors (Lipinski definition) is 2. The van der Waals surface area contributed by atoms with Crippen LogP contribution >= 0.6 is 0 Å². The monoisotopic (exact) mass is 458 g/mol. The molecule has 2 fully saturated rings. The van der Waals surface area contributed by atoms with Gasteiger partial charge in [-0.2, -0.15) is 0 Å². The zero-order valence-corrected chi connectivity index (χ0v) is 18.5. The fourth-order valence-corrected chi connectivity index (χ4v) is 4.89. The number of nitrogens with zero attached hydrogens (tertiary/aromatic N) is 6. The highest BCUT2D eigenvalue weighted by atomic mass is 32.2. The Morgan fingerprint density at radius 1 is 1.00 bits per heavy atom. The molecule has 0 aliphatic carbocycles. The van der Waals surface area contributed by atoms with E-state index >= 15 is 0 Å². The first-order chi connectivity index (χ1) is 15.6. The fraction of sp³-hybridized carbons (Fsp3) is 0.429. The predicted molar refractivity (Wildman–Crippen MR) is 122 cm³/mol. The first-order valence-electron chi connectivity index (χ1n) is 10.7. The van der Waals surface area contributed by atoms with Gasteiger partial charge in [0, 0.05) is 51.0 Å². The highest BCUT2D eigenvalue weighted by Gasteiger charge is 2.24. The van der Waals surface area contributed by atoms with Gasteiger partial charge in [0.2, 0.25) is 0 Å². The van der Waals surface area contributed by atoms with Gasteiger partial charge >= 0.3 is 0 Å². The van der Waals surface area contributed by atoms with Crippen LogP contribution in [-0.4, -0.2) is 91.2 Å². The third-order valence-electron chi connectivity index (χ3n) is 5.96. The molecule has 0 bridgehead atoms. The number of thiol groups is 1. The molecule has 10 nitrogen and oxygen atoms in total. The van der Waals surface area contributed by atoms with E-state index in [1.165, 1.54) is 0 Å². The minimum atomic E-state index is -2.41. The van der Waals surface area contributed by atoms with Crippen LogP contribution in [0.25, 0.3) is 16.9 Å². The lowest BCUT2D eigenvalue weighted by atomic mass is 10.1. The summed E-state index contributed by atoms with van der Waals surface area (Å²) in [4.78, 5) is 15.9. The van der Waals surface area contributed by atoms with Crippen molar-refractivity contribution >= 4 is 28.0 Å². The maximum atomic E-state index is 11.1. The topological polar surface area (TPSA) is 104 Å². The number of aromatic nitrogens is 3. The van der Waals surface area contributed by atoms with Gasteiger partial charge in [0.15, 0.2) is 22.2 Å². The zero-order chi connectivity index (χ0) is 22.1. The maximum absolute atomic E-state index is 11.1. The van der Waals surface area contributed by atoms with Crippen LogP contribution in [0.15, 0.2) is 36.7 Å². The maximum Gasteiger partial charge on any atom is 0.181 e. The number of para-hydroxylation sites is 1. The Bertz CT molecular complexity index is 1170. The number of phenolic OH excluding ortho intramolecular Hbond substituents is 1. The Labute approximate surface area is 187 Å². The molecular weight excluding hydrogens is 432 g/mol. The normalized spacial score (nSPS) is 18.0. The van der Waals surface area contributed by atoms with Gasteiger partial charge in [0.25, 0.3) is 0 Å². The van der Waals surface area contributed by atoms with Gasteiger partial charge in [-0.05, 0) is 12.1 Å². The second-order valence-electron chi connectivity index (χ2n) is 7.96. The molecule has 170 valence electrons. The predicted octanol–water partition coefficient (Wildman–Crippen LogP) is 0.629. The van der Waals surface area contributed by atoms with Crippen molar-refractivity contribution in [1.82, 2.24) is 19.3 Å². The molecule has 2 aliphatic heterocycles. The molecule has 0 saturated carbocycles. The molecule has 3 aromatic rings. The molecule has 5 rings (SSSR count). The van der Waals surface area contributed by atoms with Gasteiger partial charge in [-0.15, -0.1) is 0 Å². The van der Waals surface area contributed by atoms with Crippen LogP contribution in [0.2, 0.25) is 0 Å². The molecule has 0 amide bonds. The first-order valence-corrected chi connectivity index (χ1v) is 12.0. The number of morpholine rings is 1. The number of piperazine rings is 1. The Balaban J connectivity index is 1.55. The number of anilines is 2. The van der Waals surface area contributed by atoms with Crippen molar-refractivity contribution in [2.45, 2.75) is 0 Å². The highest BCUT2D eigenvalue weighted by Crippen LogP contribution is 2.32. The lowest BCUT2D eigenvalue weighted by Gasteiger charge is -2.34. The minimum Gasteiger partial charge on any atom is -0.507 e. The summed E-state index contributed by atoms with van der Waals surface area (Å²) in [5.41, 5.74) is 2.08. The van der Waals surface area contributed by atoms with Crippen molar-refractivity contribution in [2.24, 2.45) is 0 Å². The van der Waals surface area contributed by atoms with E-state index in [2.05, 4.69) is 9.80 Å². The van der Waals surface area contributed by atoms with Crippen molar-refractivity contribution < 1.29 is 18.3 Å². The molecule has 2 saturated heterocycles. The lowest BCUT2D eigenvalue weighted by molar-refractivity contribution is 0.122. The van der Waals surface area contributed by atoms with Gasteiger partial charge in [-0.1, -0.05) is 12.1 Å². The van der Waals surface area contributed by atoms with Crippen LogP contribution in [0.1, 0.15) is 0 Å². The number of fused-ring (bicyclic) bond motifs is 1. The fourth-order valence-electron chi connectivity index (χ4n) is 4.28. The van der Waals surface area contributed by atoms with Crippen LogP contribution in [-0.2, 0) is 15.4 Å². The van der Waals surface area contributed by atoms with Crippen molar-refractivity contribution in [3.63, 3.8) is 0 Å². The first kappa shape index (κ1) is 21.0. The van der Waals surface area contributed by atoms with Crippen molar-refractivity contribution in [2.75, 3.05) is 68.2 Å². The van der Waals surface area contributed by atoms with Gasteiger partial charge in [-0.25, -0.2) is 18.4 Å². The SMILES string of the molecule is O=[SH](=O)CN1CCN(c2cnc3c(N4CCOCC4)nc(-c4ccccc4O)cn23)CC1. The molecule has 4 heterocycles. The molecule has 0 unspecified atom stereocenters. The number of hydrogen-bond acceptors (Lipinski definition) is 9. The van der Waals surface area contributed by atoms with E-state index in [4.69, 9.17) is 14.7 Å². The highest BCUT2D eigenvalue weighted by molar-refractivity contribution is 7.72. The number of aromatic hydroxyl groups is 1. The summed E-state index contributed by atoms with van der Waals surface area (Å²) in [7, 11) is -2.41. The molecule has 1 N–H and O–H groups in total. The van der Waals surface area contributed by atoms with Gasteiger partial charge < -0.3 is 19.6 Å². The molecule has 0 spiro atoms. The summed E-state index contributed by atoms with van der Waals surface area (Å²) in [6.45, 7) is 5.46. The number of imidazole rings is 1. The van der Waals surface area contributed by atoms with Gasteiger partial charge in [0.1, 0.15) is 11.6 Å². The third-order valence-corrected chi connectivity index (χ3v) is 6.59. The second-order valence-corrected chi connectivity index (χ2v) is 8.90. The van der Waals surface area contributed by atoms with Crippen LogP contribution in [0.3, 0.4) is 0 Å². The smallest absolute Gasteiger partial charge is 0.181 e. The molecular formula is C21H26N6O4S.